The van der Waals surface area contributed by atoms with Crippen molar-refractivity contribution in [2.24, 2.45) is 0 Å². The van der Waals surface area contributed by atoms with Crippen LogP contribution in [0.3, 0.4) is 0 Å². The van der Waals surface area contributed by atoms with Crippen molar-refractivity contribution >= 4 is 27.3 Å². The van der Waals surface area contributed by atoms with Crippen LogP contribution in [0, 0.1) is 12.7 Å². The lowest BCUT2D eigenvalue weighted by molar-refractivity contribution is 0.605. The zero-order valence-electron chi connectivity index (χ0n) is 11.5. The van der Waals surface area contributed by atoms with Gasteiger partial charge in [-0.15, -0.1) is 0 Å². The molecule has 1 aromatic heterocycles. The van der Waals surface area contributed by atoms with Crippen LogP contribution in [0.2, 0.25) is 5.02 Å². The molecule has 0 saturated heterocycles. The van der Waals surface area contributed by atoms with Gasteiger partial charge in [0.15, 0.2) is 0 Å². The van der Waals surface area contributed by atoms with Crippen LogP contribution < -0.4 is 16.0 Å². The molecule has 0 aliphatic rings. The van der Waals surface area contributed by atoms with Gasteiger partial charge < -0.3 is 0 Å². The van der Waals surface area contributed by atoms with E-state index in [1.165, 1.54) is 6.92 Å². The van der Waals surface area contributed by atoms with Gasteiger partial charge in [0.2, 0.25) is 10.0 Å². The summed E-state index contributed by atoms with van der Waals surface area (Å²) in [6, 6.07) is 3.06. The van der Waals surface area contributed by atoms with Crippen LogP contribution in [-0.4, -0.2) is 24.2 Å². The smallest absolute Gasteiger partial charge is 0.282 e. The standard InChI is InChI=1S/C12H11ClFN3O4S/c1-6-3-11(18)15-12(19)17(6)10-5-9(16-22(2,20)21)7(13)4-8(10)14/h3-5,16H,1-2H3,(H,15,18,19). The van der Waals surface area contributed by atoms with Gasteiger partial charge in [-0.3, -0.25) is 19.1 Å². The first-order chi connectivity index (χ1) is 10.1. The number of hydrogen-bond donors (Lipinski definition) is 2. The second-order valence-electron chi connectivity index (χ2n) is 4.57. The fourth-order valence-corrected chi connectivity index (χ4v) is 2.72. The van der Waals surface area contributed by atoms with Crippen molar-refractivity contribution in [2.45, 2.75) is 6.92 Å². The molecule has 2 N–H and O–H groups in total. The minimum Gasteiger partial charge on any atom is -0.282 e. The molecule has 1 heterocycles. The Kier molecular flexibility index (Phi) is 4.12. The Bertz CT molecular complexity index is 965. The third-order valence-electron chi connectivity index (χ3n) is 2.70. The average molecular weight is 348 g/mol. The Morgan fingerprint density at radius 3 is 2.45 bits per heavy atom. The number of benzene rings is 1. The number of nitrogens with one attached hydrogen (secondary N) is 2. The molecule has 22 heavy (non-hydrogen) atoms. The summed E-state index contributed by atoms with van der Waals surface area (Å²) < 4.78 is 39.7. The van der Waals surface area contributed by atoms with E-state index >= 15 is 0 Å². The van der Waals surface area contributed by atoms with Crippen LogP contribution in [0.25, 0.3) is 5.69 Å². The molecule has 0 amide bonds. The Morgan fingerprint density at radius 2 is 1.91 bits per heavy atom. The fraction of sp³-hybridized carbons (Fsp3) is 0.167. The quantitative estimate of drug-likeness (QED) is 0.864. The number of halogens is 2. The lowest BCUT2D eigenvalue weighted by Gasteiger charge is -2.13. The van der Waals surface area contributed by atoms with Crippen molar-refractivity contribution < 1.29 is 12.8 Å². The molecule has 0 radical (unpaired) electrons. The topological polar surface area (TPSA) is 101 Å². The SMILES string of the molecule is Cc1cc(=O)[nH]c(=O)n1-c1cc(NS(C)(=O)=O)c(Cl)cc1F. The van der Waals surface area contributed by atoms with E-state index in [4.69, 9.17) is 11.6 Å². The van der Waals surface area contributed by atoms with Gasteiger partial charge in [0.05, 0.1) is 22.7 Å². The lowest BCUT2D eigenvalue weighted by atomic mass is 10.2. The summed E-state index contributed by atoms with van der Waals surface area (Å²) in [7, 11) is -3.64. The highest BCUT2D eigenvalue weighted by atomic mass is 35.5. The van der Waals surface area contributed by atoms with Crippen LogP contribution >= 0.6 is 11.6 Å². The third-order valence-corrected chi connectivity index (χ3v) is 3.60. The first kappa shape index (κ1) is 16.2. The molecule has 0 fully saturated rings. The summed E-state index contributed by atoms with van der Waals surface area (Å²) in [4.78, 5) is 25.1. The number of aromatic amines is 1. The fourth-order valence-electron chi connectivity index (χ4n) is 1.90. The first-order valence-electron chi connectivity index (χ1n) is 5.88. The summed E-state index contributed by atoms with van der Waals surface area (Å²) in [5, 5.41) is -0.165. The summed E-state index contributed by atoms with van der Waals surface area (Å²) >= 11 is 5.79. The van der Waals surface area contributed by atoms with E-state index in [1.807, 2.05) is 4.98 Å². The average Bonchev–Trinajstić information content (AvgIpc) is 2.31. The predicted molar refractivity (Wildman–Crippen MR) is 80.8 cm³/mol. The zero-order chi connectivity index (χ0) is 16.7. The molecule has 10 heteroatoms. The molecule has 7 nitrogen and oxygen atoms in total. The van der Waals surface area contributed by atoms with E-state index in [0.29, 0.717) is 0 Å². The van der Waals surface area contributed by atoms with Gasteiger partial charge in [-0.1, -0.05) is 11.6 Å². The Morgan fingerprint density at radius 1 is 1.27 bits per heavy atom. The van der Waals surface area contributed by atoms with E-state index in [9.17, 15) is 22.4 Å². The molecule has 1 aromatic carbocycles. The molecule has 0 atom stereocenters. The predicted octanol–water partition coefficient (Wildman–Crippen LogP) is 0.998. The van der Waals surface area contributed by atoms with Crippen molar-refractivity contribution in [1.29, 1.82) is 0 Å². The maximum absolute atomic E-state index is 14.1. The van der Waals surface area contributed by atoms with Crippen LogP contribution in [0.15, 0.2) is 27.8 Å². The molecule has 0 spiro atoms. The van der Waals surface area contributed by atoms with Crippen molar-refractivity contribution in [3.63, 3.8) is 0 Å². The van der Waals surface area contributed by atoms with E-state index < -0.39 is 27.1 Å². The van der Waals surface area contributed by atoms with Gasteiger partial charge in [0.25, 0.3) is 5.56 Å². The van der Waals surface area contributed by atoms with E-state index in [-0.39, 0.29) is 22.1 Å². The highest BCUT2D eigenvalue weighted by molar-refractivity contribution is 7.92. The van der Waals surface area contributed by atoms with Gasteiger partial charge >= 0.3 is 5.69 Å². The molecule has 0 aliphatic heterocycles. The van der Waals surface area contributed by atoms with Crippen molar-refractivity contribution in [3.8, 4) is 5.69 Å². The molecule has 0 unspecified atom stereocenters. The second kappa shape index (κ2) is 5.58. The molecule has 0 aliphatic carbocycles. The maximum atomic E-state index is 14.1. The highest BCUT2D eigenvalue weighted by Crippen LogP contribution is 2.28. The summed E-state index contributed by atoms with van der Waals surface area (Å²) in [6.07, 6.45) is 0.907. The molecule has 0 saturated carbocycles. The van der Waals surface area contributed by atoms with E-state index in [0.717, 1.165) is 29.0 Å². The van der Waals surface area contributed by atoms with E-state index in [1.54, 1.807) is 0 Å². The summed E-state index contributed by atoms with van der Waals surface area (Å²) in [5.41, 5.74) is -1.62. The van der Waals surface area contributed by atoms with Crippen molar-refractivity contribution in [2.75, 3.05) is 11.0 Å². The molecule has 2 aromatic rings. The van der Waals surface area contributed by atoms with Gasteiger partial charge in [0.1, 0.15) is 5.82 Å². The minimum absolute atomic E-state index is 0.0851. The molecular formula is C12H11ClFN3O4S. The van der Waals surface area contributed by atoms with Crippen molar-refractivity contribution in [1.82, 2.24) is 9.55 Å². The van der Waals surface area contributed by atoms with Crippen LogP contribution in [0.4, 0.5) is 10.1 Å². The molecular weight excluding hydrogens is 337 g/mol. The van der Waals surface area contributed by atoms with E-state index in [2.05, 4.69) is 4.72 Å². The van der Waals surface area contributed by atoms with Gasteiger partial charge in [-0.25, -0.2) is 17.6 Å². The number of anilines is 1. The summed E-state index contributed by atoms with van der Waals surface area (Å²) in [6.45, 7) is 1.44. The minimum atomic E-state index is -3.64. The van der Waals surface area contributed by atoms with Crippen molar-refractivity contribution in [3.05, 3.63) is 55.6 Å². The third kappa shape index (κ3) is 3.37. The maximum Gasteiger partial charge on any atom is 0.333 e. The van der Waals surface area contributed by atoms with Crippen LogP contribution in [0.1, 0.15) is 5.69 Å². The molecule has 0 bridgehead atoms. The number of rotatable bonds is 3. The number of H-pyrrole nitrogens is 1. The largest absolute Gasteiger partial charge is 0.333 e. The molecule has 118 valence electrons. The number of aryl methyl sites for hydroxylation is 1. The summed E-state index contributed by atoms with van der Waals surface area (Å²) in [5.74, 6) is -0.846. The highest BCUT2D eigenvalue weighted by Gasteiger charge is 2.15. The number of hydrogen-bond acceptors (Lipinski definition) is 4. The zero-order valence-corrected chi connectivity index (χ0v) is 13.0. The van der Waals surface area contributed by atoms with Gasteiger partial charge in [-0.05, 0) is 19.1 Å². The normalized spacial score (nSPS) is 11.5. The van der Waals surface area contributed by atoms with Crippen LogP contribution in [0.5, 0.6) is 0 Å². The first-order valence-corrected chi connectivity index (χ1v) is 8.15. The molecule has 2 rings (SSSR count). The van der Waals surface area contributed by atoms with Crippen LogP contribution in [-0.2, 0) is 10.0 Å². The number of aromatic nitrogens is 2. The lowest BCUT2D eigenvalue weighted by Crippen LogP contribution is -2.30. The van der Waals surface area contributed by atoms with Gasteiger partial charge in [0, 0.05) is 11.8 Å². The Labute approximate surface area is 129 Å². The second-order valence-corrected chi connectivity index (χ2v) is 6.73. The number of nitrogens with zero attached hydrogens (tertiary/aromatic N) is 1. The number of sulfonamides is 1. The Hall–Kier alpha value is -2.13. The van der Waals surface area contributed by atoms with Gasteiger partial charge in [-0.2, -0.15) is 0 Å². The Balaban J connectivity index is 2.75. The monoisotopic (exact) mass is 347 g/mol.